The van der Waals surface area contributed by atoms with Gasteiger partial charge in [-0.15, -0.1) is 0 Å². The van der Waals surface area contributed by atoms with E-state index in [1.54, 1.807) is 0 Å². The Balaban J connectivity index is 0.000000461. The van der Waals surface area contributed by atoms with Crippen LogP contribution in [0.25, 0.3) is 0 Å². The van der Waals surface area contributed by atoms with E-state index < -0.39 is 0 Å². The van der Waals surface area contributed by atoms with Crippen molar-refractivity contribution in [3.8, 4) is 0 Å². The summed E-state index contributed by atoms with van der Waals surface area (Å²) in [5.41, 5.74) is 6.60. The molecule has 0 aliphatic carbocycles. The third-order valence-corrected chi connectivity index (χ3v) is 2.80. The van der Waals surface area contributed by atoms with Crippen molar-refractivity contribution >= 4 is 0 Å². The summed E-state index contributed by atoms with van der Waals surface area (Å²) in [6.45, 7) is 12.4. The summed E-state index contributed by atoms with van der Waals surface area (Å²) < 4.78 is 0. The highest BCUT2D eigenvalue weighted by atomic mass is 14.9. The molecule has 2 heterocycles. The minimum absolute atomic E-state index is 0.942. The number of hydrogen-bond acceptors (Lipinski definition) is 2. The fourth-order valence-corrected chi connectivity index (χ4v) is 1.75. The lowest BCUT2D eigenvalue weighted by Crippen LogP contribution is -2.00. The van der Waals surface area contributed by atoms with E-state index >= 15 is 0 Å². The number of aryl methyl sites for hydroxylation is 1. The Morgan fingerprint density at radius 1 is 1.00 bits per heavy atom. The number of pyridine rings is 1. The first-order valence-corrected chi connectivity index (χ1v) is 5.36. The maximum Gasteiger partial charge on any atom is 0.0592 e. The van der Waals surface area contributed by atoms with Crippen molar-refractivity contribution in [1.29, 1.82) is 0 Å². The van der Waals surface area contributed by atoms with Gasteiger partial charge in [-0.05, 0) is 37.5 Å². The molecule has 78 valence electrons. The Labute approximate surface area is 86.8 Å². The number of nitrogens with zero attached hydrogens (tertiary/aromatic N) is 1. The zero-order chi connectivity index (χ0) is 10.7. The van der Waals surface area contributed by atoms with Crippen LogP contribution in [0.2, 0.25) is 0 Å². The van der Waals surface area contributed by atoms with Crippen LogP contribution in [-0.4, -0.2) is 4.98 Å². The quantitative estimate of drug-likeness (QED) is 0.683. The maximum absolute atomic E-state index is 4.55. The molecule has 1 aromatic rings. The topological polar surface area (TPSA) is 24.9 Å². The van der Waals surface area contributed by atoms with Crippen LogP contribution < -0.4 is 5.32 Å². The molecule has 0 spiro atoms. The van der Waals surface area contributed by atoms with Crippen molar-refractivity contribution in [2.75, 3.05) is 0 Å². The number of nitrogens with one attached hydrogen (secondary N) is 1. The second-order valence-electron chi connectivity index (χ2n) is 3.48. The van der Waals surface area contributed by atoms with E-state index in [1.165, 1.54) is 28.1 Å². The molecule has 0 saturated carbocycles. The van der Waals surface area contributed by atoms with Crippen LogP contribution in [0.5, 0.6) is 0 Å². The van der Waals surface area contributed by atoms with Crippen molar-refractivity contribution in [2.24, 2.45) is 0 Å². The second kappa shape index (κ2) is 4.56. The molecule has 2 heteroatoms. The summed E-state index contributed by atoms with van der Waals surface area (Å²) in [7, 11) is 0. The fourth-order valence-electron chi connectivity index (χ4n) is 1.75. The molecule has 1 aromatic heterocycles. The molecular weight excluding hydrogens is 172 g/mol. The molecule has 2 nitrogen and oxygen atoms in total. The molecule has 0 radical (unpaired) electrons. The van der Waals surface area contributed by atoms with Crippen LogP contribution in [0.1, 0.15) is 41.9 Å². The summed E-state index contributed by atoms with van der Waals surface area (Å²) in [6.07, 6.45) is 0. The lowest BCUT2D eigenvalue weighted by molar-refractivity contribution is 0.756. The Morgan fingerprint density at radius 3 is 2.29 bits per heavy atom. The largest absolute Gasteiger partial charge is 0.307 e. The number of fused-ring (bicyclic) bond motifs is 1. The molecule has 0 unspecified atom stereocenters. The zero-order valence-electron chi connectivity index (χ0n) is 9.86. The van der Waals surface area contributed by atoms with Crippen molar-refractivity contribution in [1.82, 2.24) is 10.3 Å². The lowest BCUT2D eigenvalue weighted by Gasteiger charge is -2.08. The molecule has 1 aliphatic heterocycles. The average Bonchev–Trinajstić information content (AvgIpc) is 2.65. The molecule has 0 amide bonds. The van der Waals surface area contributed by atoms with E-state index in [-0.39, 0.29) is 0 Å². The van der Waals surface area contributed by atoms with Gasteiger partial charge in [-0.25, -0.2) is 0 Å². The van der Waals surface area contributed by atoms with Gasteiger partial charge in [0.05, 0.1) is 5.69 Å². The van der Waals surface area contributed by atoms with Crippen molar-refractivity contribution < 1.29 is 0 Å². The minimum Gasteiger partial charge on any atom is -0.307 e. The molecule has 1 aliphatic rings. The minimum atomic E-state index is 0.942. The summed E-state index contributed by atoms with van der Waals surface area (Å²) in [4.78, 5) is 4.55. The van der Waals surface area contributed by atoms with Gasteiger partial charge in [0.2, 0.25) is 0 Å². The molecule has 14 heavy (non-hydrogen) atoms. The second-order valence-corrected chi connectivity index (χ2v) is 3.48. The molecule has 2 rings (SSSR count). The van der Waals surface area contributed by atoms with Gasteiger partial charge in [-0.2, -0.15) is 0 Å². The first-order chi connectivity index (χ1) is 6.70. The SMILES string of the molecule is CC.Cc1nc2c(c(C)c1C)CNC2. The third kappa shape index (κ3) is 1.80. The predicted octanol–water partition coefficient (Wildman–Crippen LogP) is 2.64. The fraction of sp³-hybridized carbons (Fsp3) is 0.583. The van der Waals surface area contributed by atoms with Gasteiger partial charge < -0.3 is 5.32 Å². The number of rotatable bonds is 0. The van der Waals surface area contributed by atoms with Crippen LogP contribution in [0.4, 0.5) is 0 Å². The maximum atomic E-state index is 4.55. The molecule has 1 N–H and O–H groups in total. The number of aromatic nitrogens is 1. The van der Waals surface area contributed by atoms with Gasteiger partial charge in [0.25, 0.3) is 0 Å². The lowest BCUT2D eigenvalue weighted by atomic mass is 10.0. The highest BCUT2D eigenvalue weighted by molar-refractivity contribution is 5.40. The van der Waals surface area contributed by atoms with Gasteiger partial charge in [0.1, 0.15) is 0 Å². The van der Waals surface area contributed by atoms with Crippen molar-refractivity contribution in [3.05, 3.63) is 28.1 Å². The Hall–Kier alpha value is -0.890. The van der Waals surface area contributed by atoms with Crippen LogP contribution in [0.3, 0.4) is 0 Å². The normalized spacial score (nSPS) is 13.2. The first kappa shape index (κ1) is 11.2. The predicted molar refractivity (Wildman–Crippen MR) is 60.3 cm³/mol. The van der Waals surface area contributed by atoms with E-state index in [0.29, 0.717) is 0 Å². The first-order valence-electron chi connectivity index (χ1n) is 5.36. The summed E-state index contributed by atoms with van der Waals surface area (Å²) >= 11 is 0. The Kier molecular flexibility index (Phi) is 3.64. The van der Waals surface area contributed by atoms with Gasteiger partial charge in [-0.1, -0.05) is 13.8 Å². The van der Waals surface area contributed by atoms with Gasteiger partial charge in [0.15, 0.2) is 0 Å². The van der Waals surface area contributed by atoms with Gasteiger partial charge in [0, 0.05) is 18.8 Å². The van der Waals surface area contributed by atoms with E-state index in [4.69, 9.17) is 0 Å². The van der Waals surface area contributed by atoms with Crippen LogP contribution >= 0.6 is 0 Å². The van der Waals surface area contributed by atoms with Crippen LogP contribution in [0, 0.1) is 20.8 Å². The standard InChI is InChI=1S/C10H14N2.C2H6/c1-6-7(2)9-4-11-5-10(9)12-8(6)3;1-2/h11H,4-5H2,1-3H3;1-2H3. The van der Waals surface area contributed by atoms with Crippen LogP contribution in [-0.2, 0) is 13.1 Å². The smallest absolute Gasteiger partial charge is 0.0592 e. The molecule has 0 aromatic carbocycles. The van der Waals surface area contributed by atoms with Crippen LogP contribution in [0.15, 0.2) is 0 Å². The zero-order valence-corrected chi connectivity index (χ0v) is 9.86. The molecule has 0 atom stereocenters. The molecule has 0 bridgehead atoms. The molecular formula is C12H20N2. The highest BCUT2D eigenvalue weighted by Gasteiger charge is 2.16. The molecule has 0 fully saturated rings. The van der Waals surface area contributed by atoms with E-state index in [0.717, 1.165) is 13.1 Å². The van der Waals surface area contributed by atoms with Gasteiger partial charge >= 0.3 is 0 Å². The van der Waals surface area contributed by atoms with E-state index in [9.17, 15) is 0 Å². The third-order valence-electron chi connectivity index (χ3n) is 2.80. The Morgan fingerprint density at radius 2 is 1.64 bits per heavy atom. The summed E-state index contributed by atoms with van der Waals surface area (Å²) in [6, 6.07) is 0. The summed E-state index contributed by atoms with van der Waals surface area (Å²) in [5, 5.41) is 3.32. The molecule has 0 saturated heterocycles. The Bertz CT molecular complexity index is 330. The monoisotopic (exact) mass is 192 g/mol. The van der Waals surface area contributed by atoms with Crippen molar-refractivity contribution in [3.63, 3.8) is 0 Å². The van der Waals surface area contributed by atoms with Gasteiger partial charge in [-0.3, -0.25) is 4.98 Å². The average molecular weight is 192 g/mol. The van der Waals surface area contributed by atoms with Crippen molar-refractivity contribution in [2.45, 2.75) is 47.7 Å². The number of hydrogen-bond donors (Lipinski definition) is 1. The highest BCUT2D eigenvalue weighted by Crippen LogP contribution is 2.22. The van der Waals surface area contributed by atoms with E-state index in [2.05, 4.69) is 31.1 Å². The summed E-state index contributed by atoms with van der Waals surface area (Å²) in [5.74, 6) is 0. The van der Waals surface area contributed by atoms with E-state index in [1.807, 2.05) is 13.8 Å².